The van der Waals surface area contributed by atoms with E-state index in [9.17, 15) is 9.18 Å². The van der Waals surface area contributed by atoms with E-state index < -0.39 is 0 Å². The van der Waals surface area contributed by atoms with Crippen molar-refractivity contribution in [1.29, 1.82) is 0 Å². The highest BCUT2D eigenvalue weighted by Gasteiger charge is 2.15. The Morgan fingerprint density at radius 3 is 2.52 bits per heavy atom. The summed E-state index contributed by atoms with van der Waals surface area (Å²) in [6.07, 6.45) is 0. The van der Waals surface area contributed by atoms with Gasteiger partial charge in [0.1, 0.15) is 12.4 Å². The number of benzene rings is 2. The molecule has 0 N–H and O–H groups in total. The molecule has 0 saturated carbocycles. The maximum atomic E-state index is 13.0. The second-order valence-corrected chi connectivity index (χ2v) is 5.54. The number of rotatable bonds is 6. The van der Waals surface area contributed by atoms with E-state index >= 15 is 0 Å². The molecule has 1 aromatic heterocycles. The van der Waals surface area contributed by atoms with Gasteiger partial charge in [-0.05, 0) is 42.0 Å². The van der Waals surface area contributed by atoms with Gasteiger partial charge in [-0.15, -0.1) is 10.2 Å². The van der Waals surface area contributed by atoms with Crippen LogP contribution in [0.25, 0.3) is 11.4 Å². The van der Waals surface area contributed by atoms with Gasteiger partial charge in [0.2, 0.25) is 11.7 Å². The van der Waals surface area contributed by atoms with E-state index in [0.29, 0.717) is 24.5 Å². The quantitative estimate of drug-likeness (QED) is 0.692. The van der Waals surface area contributed by atoms with Gasteiger partial charge in [0.05, 0.1) is 0 Å². The first-order valence-electron chi connectivity index (χ1n) is 8.01. The van der Waals surface area contributed by atoms with Crippen molar-refractivity contribution in [3.63, 3.8) is 0 Å². The lowest BCUT2D eigenvalue weighted by molar-refractivity contribution is -0.132. The summed E-state index contributed by atoms with van der Waals surface area (Å²) in [7, 11) is 0. The number of carbonyl (C=O) groups excluding carboxylic acids is 1. The fourth-order valence-corrected chi connectivity index (χ4v) is 2.43. The molecule has 3 rings (SSSR count). The second-order valence-electron chi connectivity index (χ2n) is 5.54. The third kappa shape index (κ3) is 4.26. The van der Waals surface area contributed by atoms with E-state index in [0.717, 1.165) is 5.56 Å². The first kappa shape index (κ1) is 16.8. The fourth-order valence-electron chi connectivity index (χ4n) is 2.43. The molecule has 0 radical (unpaired) electrons. The first-order valence-corrected chi connectivity index (χ1v) is 8.01. The summed E-state index contributed by atoms with van der Waals surface area (Å²) in [4.78, 5) is 15.5. The average molecular weight is 339 g/mol. The Morgan fingerprint density at radius 2 is 1.84 bits per heavy atom. The Bertz CT molecular complexity index is 832. The molecule has 0 unspecified atom stereocenters. The number of likely N-dealkylation sites (N-methyl/N-ethyl adjacent to an activating group) is 1. The minimum Gasteiger partial charge on any atom is -0.337 e. The zero-order valence-electron chi connectivity index (χ0n) is 13.8. The molecule has 6 nitrogen and oxygen atoms in total. The Labute approximate surface area is 144 Å². The zero-order valence-corrected chi connectivity index (χ0v) is 13.8. The highest BCUT2D eigenvalue weighted by molar-refractivity contribution is 5.75. The number of nitrogens with zero attached hydrogens (tertiary/aromatic N) is 5. The monoisotopic (exact) mass is 339 g/mol. The van der Waals surface area contributed by atoms with Crippen LogP contribution in [0, 0.1) is 5.82 Å². The predicted octanol–water partition coefficient (Wildman–Crippen LogP) is 2.53. The molecule has 0 fully saturated rings. The Kier molecular flexibility index (Phi) is 5.13. The van der Waals surface area contributed by atoms with Crippen molar-refractivity contribution in [2.24, 2.45) is 0 Å². The number of halogens is 1. The predicted molar refractivity (Wildman–Crippen MR) is 90.7 cm³/mol. The second kappa shape index (κ2) is 7.65. The maximum absolute atomic E-state index is 13.0. The lowest BCUT2D eigenvalue weighted by Gasteiger charge is -2.20. The summed E-state index contributed by atoms with van der Waals surface area (Å²) >= 11 is 0. The van der Waals surface area contributed by atoms with Crippen molar-refractivity contribution >= 4 is 5.91 Å². The number of aromatic nitrogens is 4. The van der Waals surface area contributed by atoms with E-state index in [1.165, 1.54) is 16.9 Å². The summed E-state index contributed by atoms with van der Waals surface area (Å²) < 4.78 is 13.0. The molecule has 128 valence electrons. The summed E-state index contributed by atoms with van der Waals surface area (Å²) in [6, 6.07) is 15.6. The normalized spacial score (nSPS) is 10.6. The van der Waals surface area contributed by atoms with Crippen LogP contribution in [0.15, 0.2) is 54.6 Å². The van der Waals surface area contributed by atoms with Gasteiger partial charge in [-0.1, -0.05) is 30.3 Å². The van der Waals surface area contributed by atoms with Crippen molar-refractivity contribution in [2.45, 2.75) is 20.0 Å². The van der Waals surface area contributed by atoms with Crippen LogP contribution < -0.4 is 0 Å². The Morgan fingerprint density at radius 1 is 1.12 bits per heavy atom. The molecule has 25 heavy (non-hydrogen) atoms. The smallest absolute Gasteiger partial charge is 0.246 e. The van der Waals surface area contributed by atoms with E-state index in [1.54, 1.807) is 17.0 Å². The summed E-state index contributed by atoms with van der Waals surface area (Å²) in [5.41, 5.74) is 1.72. The van der Waals surface area contributed by atoms with Gasteiger partial charge in [0.25, 0.3) is 0 Å². The number of amides is 1. The van der Waals surface area contributed by atoms with Crippen molar-refractivity contribution in [2.75, 3.05) is 6.54 Å². The minimum atomic E-state index is -0.328. The lowest BCUT2D eigenvalue weighted by atomic mass is 10.2. The van der Waals surface area contributed by atoms with Crippen LogP contribution in [0.4, 0.5) is 4.39 Å². The summed E-state index contributed by atoms with van der Waals surface area (Å²) in [5.74, 6) is -0.0564. The van der Waals surface area contributed by atoms with Crippen molar-refractivity contribution in [3.05, 3.63) is 66.0 Å². The third-order valence-electron chi connectivity index (χ3n) is 3.78. The number of hydrogen-bond donors (Lipinski definition) is 0. The topological polar surface area (TPSA) is 63.9 Å². The van der Waals surface area contributed by atoms with E-state index in [-0.39, 0.29) is 18.3 Å². The molecule has 0 spiro atoms. The molecular weight excluding hydrogens is 321 g/mol. The third-order valence-corrected chi connectivity index (χ3v) is 3.78. The molecule has 7 heteroatoms. The zero-order chi connectivity index (χ0) is 17.6. The average Bonchev–Trinajstić information content (AvgIpc) is 3.09. The van der Waals surface area contributed by atoms with E-state index in [1.807, 2.05) is 37.3 Å². The standard InChI is InChI=1S/C18H18FN5O/c1-2-23(12-14-6-4-3-5-7-14)17(25)13-24-21-18(20-22-24)15-8-10-16(19)11-9-15/h3-11H,2,12-13H2,1H3. The molecule has 1 amide bonds. The Balaban J connectivity index is 1.67. The summed E-state index contributed by atoms with van der Waals surface area (Å²) in [5, 5.41) is 12.0. The molecule has 2 aromatic carbocycles. The first-order chi connectivity index (χ1) is 12.2. The van der Waals surface area contributed by atoms with Crippen LogP contribution in [-0.4, -0.2) is 37.6 Å². The van der Waals surface area contributed by atoms with Gasteiger partial charge in [-0.2, -0.15) is 4.80 Å². The molecular formula is C18H18FN5O. The van der Waals surface area contributed by atoms with Gasteiger partial charge >= 0.3 is 0 Å². The fraction of sp³-hybridized carbons (Fsp3) is 0.222. The van der Waals surface area contributed by atoms with Gasteiger partial charge in [-0.25, -0.2) is 4.39 Å². The van der Waals surface area contributed by atoms with Crippen LogP contribution in [0.1, 0.15) is 12.5 Å². The highest BCUT2D eigenvalue weighted by Crippen LogP contribution is 2.13. The Hall–Kier alpha value is -3.09. The van der Waals surface area contributed by atoms with Crippen molar-refractivity contribution in [1.82, 2.24) is 25.1 Å². The number of tetrazole rings is 1. The van der Waals surface area contributed by atoms with E-state index in [4.69, 9.17) is 0 Å². The lowest BCUT2D eigenvalue weighted by Crippen LogP contribution is -2.33. The van der Waals surface area contributed by atoms with Crippen LogP contribution in [-0.2, 0) is 17.9 Å². The molecule has 0 aliphatic carbocycles. The minimum absolute atomic E-state index is 0.00880. The number of hydrogen-bond acceptors (Lipinski definition) is 4. The SMILES string of the molecule is CCN(Cc1ccccc1)C(=O)Cn1nnc(-c2ccc(F)cc2)n1. The van der Waals surface area contributed by atoms with Crippen LogP contribution in [0.2, 0.25) is 0 Å². The molecule has 0 atom stereocenters. The molecule has 0 bridgehead atoms. The van der Waals surface area contributed by atoms with E-state index in [2.05, 4.69) is 15.4 Å². The molecule has 0 saturated heterocycles. The molecule has 3 aromatic rings. The maximum Gasteiger partial charge on any atom is 0.246 e. The highest BCUT2D eigenvalue weighted by atomic mass is 19.1. The van der Waals surface area contributed by atoms with Crippen molar-refractivity contribution < 1.29 is 9.18 Å². The summed E-state index contributed by atoms with van der Waals surface area (Å²) in [6.45, 7) is 3.07. The number of carbonyl (C=O) groups is 1. The molecule has 0 aliphatic rings. The van der Waals surface area contributed by atoms with Gasteiger partial charge < -0.3 is 4.90 Å². The van der Waals surface area contributed by atoms with Crippen LogP contribution >= 0.6 is 0 Å². The molecule has 1 heterocycles. The van der Waals surface area contributed by atoms with Crippen LogP contribution in [0.5, 0.6) is 0 Å². The van der Waals surface area contributed by atoms with Crippen molar-refractivity contribution in [3.8, 4) is 11.4 Å². The molecule has 0 aliphatic heterocycles. The van der Waals surface area contributed by atoms with Gasteiger partial charge in [0, 0.05) is 18.7 Å². The van der Waals surface area contributed by atoms with Gasteiger partial charge in [-0.3, -0.25) is 4.79 Å². The van der Waals surface area contributed by atoms with Crippen LogP contribution in [0.3, 0.4) is 0 Å². The largest absolute Gasteiger partial charge is 0.337 e. The van der Waals surface area contributed by atoms with Gasteiger partial charge in [0.15, 0.2) is 0 Å².